The summed E-state index contributed by atoms with van der Waals surface area (Å²) in [6, 6.07) is 1.92. The molecule has 4 rings (SSSR count). The van der Waals surface area contributed by atoms with E-state index in [1.54, 1.807) is 6.26 Å². The smallest absolute Gasteiger partial charge is 0.303 e. The molecule has 1 heterocycles. The van der Waals surface area contributed by atoms with Gasteiger partial charge < -0.3 is 19.0 Å². The van der Waals surface area contributed by atoms with E-state index in [2.05, 4.69) is 6.58 Å². The topological polar surface area (TPSA) is 86.0 Å². The van der Waals surface area contributed by atoms with Crippen molar-refractivity contribution in [3.05, 3.63) is 30.2 Å². The Hall–Kier alpha value is -2.08. The molecule has 2 fully saturated rings. The first kappa shape index (κ1) is 21.2. The average molecular weight is 417 g/mol. The Morgan fingerprint density at radius 3 is 2.43 bits per heavy atom. The molecule has 1 aromatic rings. The molecular weight excluding hydrogens is 384 g/mol. The Bertz CT molecular complexity index is 897. The normalized spacial score (nSPS) is 39.3. The summed E-state index contributed by atoms with van der Waals surface area (Å²) < 4.78 is 17.4. The van der Waals surface area contributed by atoms with E-state index in [1.807, 2.05) is 26.8 Å². The summed E-state index contributed by atoms with van der Waals surface area (Å²) in [4.78, 5) is 24.1. The summed E-state index contributed by atoms with van der Waals surface area (Å²) in [7, 11) is 0. The second-order valence-corrected chi connectivity index (χ2v) is 10.1. The maximum absolute atomic E-state index is 12.5. The number of hydrogen-bond acceptors (Lipinski definition) is 6. The van der Waals surface area contributed by atoms with Crippen molar-refractivity contribution in [1.82, 2.24) is 0 Å². The Kier molecular flexibility index (Phi) is 4.73. The van der Waals surface area contributed by atoms with Crippen LogP contribution in [-0.2, 0) is 25.5 Å². The fourth-order valence-corrected chi connectivity index (χ4v) is 6.88. The van der Waals surface area contributed by atoms with E-state index in [4.69, 9.17) is 13.9 Å². The van der Waals surface area contributed by atoms with E-state index in [9.17, 15) is 14.7 Å². The summed E-state index contributed by atoms with van der Waals surface area (Å²) >= 11 is 0. The van der Waals surface area contributed by atoms with Crippen LogP contribution in [-0.4, -0.2) is 34.9 Å². The van der Waals surface area contributed by atoms with Gasteiger partial charge in [-0.05, 0) is 48.2 Å². The van der Waals surface area contributed by atoms with Crippen LogP contribution in [0.15, 0.2) is 23.3 Å². The molecule has 6 nitrogen and oxygen atoms in total. The van der Waals surface area contributed by atoms with Crippen molar-refractivity contribution >= 4 is 17.5 Å². The number of furan rings is 1. The van der Waals surface area contributed by atoms with E-state index in [1.165, 1.54) is 13.8 Å². The third-order valence-corrected chi connectivity index (χ3v) is 8.30. The lowest BCUT2D eigenvalue weighted by atomic mass is 9.40. The van der Waals surface area contributed by atoms with Gasteiger partial charge in [-0.1, -0.05) is 27.4 Å². The lowest BCUT2D eigenvalue weighted by Gasteiger charge is -2.68. The second kappa shape index (κ2) is 6.71. The monoisotopic (exact) mass is 416 g/mol. The molecule has 6 atom stereocenters. The van der Waals surface area contributed by atoms with Crippen LogP contribution in [0, 0.1) is 22.7 Å². The lowest BCUT2D eigenvalue weighted by molar-refractivity contribution is -0.311. The van der Waals surface area contributed by atoms with Crippen molar-refractivity contribution in [3.8, 4) is 0 Å². The maximum Gasteiger partial charge on any atom is 0.303 e. The van der Waals surface area contributed by atoms with Crippen LogP contribution in [0.1, 0.15) is 65.2 Å². The first-order valence-electron chi connectivity index (χ1n) is 10.8. The largest absolute Gasteiger partial charge is 0.469 e. The van der Waals surface area contributed by atoms with Crippen molar-refractivity contribution in [3.63, 3.8) is 0 Å². The van der Waals surface area contributed by atoms with E-state index in [0.717, 1.165) is 16.9 Å². The summed E-state index contributed by atoms with van der Waals surface area (Å²) in [6.07, 6.45) is 2.84. The highest BCUT2D eigenvalue weighted by molar-refractivity contribution is 5.70. The molecule has 1 aromatic heterocycles. The number of carbonyl (C=O) groups excluding carboxylic acids is 2. The number of esters is 2. The lowest BCUT2D eigenvalue weighted by Crippen LogP contribution is -2.76. The molecule has 0 aromatic carbocycles. The van der Waals surface area contributed by atoms with Crippen LogP contribution < -0.4 is 0 Å². The quantitative estimate of drug-likeness (QED) is 0.736. The van der Waals surface area contributed by atoms with Gasteiger partial charge in [-0.2, -0.15) is 0 Å². The van der Waals surface area contributed by atoms with Gasteiger partial charge in [0, 0.05) is 31.2 Å². The first-order chi connectivity index (χ1) is 13.9. The van der Waals surface area contributed by atoms with E-state index in [0.29, 0.717) is 25.7 Å². The number of rotatable bonds is 2. The number of fused-ring (bicyclic) bond motifs is 4. The third-order valence-electron chi connectivity index (χ3n) is 8.30. The van der Waals surface area contributed by atoms with Crippen LogP contribution in [0.25, 0.3) is 5.57 Å². The van der Waals surface area contributed by atoms with Gasteiger partial charge in [0.25, 0.3) is 0 Å². The highest BCUT2D eigenvalue weighted by Gasteiger charge is 2.73. The molecule has 3 aliphatic rings. The van der Waals surface area contributed by atoms with Crippen LogP contribution in [0.3, 0.4) is 0 Å². The summed E-state index contributed by atoms with van der Waals surface area (Å²) in [5.41, 5.74) is -0.855. The average Bonchev–Trinajstić information content (AvgIpc) is 3.11. The zero-order chi connectivity index (χ0) is 22.1. The third kappa shape index (κ3) is 2.65. The van der Waals surface area contributed by atoms with Gasteiger partial charge in [-0.3, -0.25) is 9.59 Å². The molecule has 0 spiro atoms. The van der Waals surface area contributed by atoms with Gasteiger partial charge in [0.15, 0.2) is 0 Å². The van der Waals surface area contributed by atoms with Gasteiger partial charge >= 0.3 is 11.9 Å². The molecule has 0 aliphatic heterocycles. The van der Waals surface area contributed by atoms with E-state index < -0.39 is 34.6 Å². The Balaban J connectivity index is 1.92. The number of allylic oxidation sites excluding steroid dienone is 1. The molecule has 0 amide bonds. The summed E-state index contributed by atoms with van der Waals surface area (Å²) in [5.74, 6) is -0.0328. The van der Waals surface area contributed by atoms with Crippen LogP contribution in [0.5, 0.6) is 0 Å². The number of aliphatic hydroxyl groups is 1. The molecule has 30 heavy (non-hydrogen) atoms. The van der Waals surface area contributed by atoms with Gasteiger partial charge in [-0.15, -0.1) is 0 Å². The molecule has 1 N–H and O–H groups in total. The predicted molar refractivity (Wildman–Crippen MR) is 110 cm³/mol. The summed E-state index contributed by atoms with van der Waals surface area (Å²) in [6.45, 7) is 13.1. The highest BCUT2D eigenvalue weighted by Crippen LogP contribution is 2.67. The molecule has 6 heteroatoms. The standard InChI is InChI=1S/C24H32O6/c1-13-16-8-10-28-19(16)12-18-17(13)11-21(30-15(3)26)24(27)22(4,5)9-7-20(23(18,24)6)29-14(2)25/h8,10,17-18,20-21,27H,1,7,9,11-12H2,2-6H3/t17-,18-,20-,21-,23-,24+/m0/s1. The Labute approximate surface area is 177 Å². The number of hydrogen-bond donors (Lipinski definition) is 1. The molecule has 0 saturated heterocycles. The Morgan fingerprint density at radius 2 is 1.80 bits per heavy atom. The van der Waals surface area contributed by atoms with Crippen molar-refractivity contribution < 1.29 is 28.6 Å². The molecule has 3 aliphatic carbocycles. The van der Waals surface area contributed by atoms with Crippen molar-refractivity contribution in [1.29, 1.82) is 0 Å². The fraction of sp³-hybridized carbons (Fsp3) is 0.667. The summed E-state index contributed by atoms with van der Waals surface area (Å²) in [5, 5.41) is 12.5. The number of ether oxygens (including phenoxy) is 2. The van der Waals surface area contributed by atoms with Crippen LogP contribution >= 0.6 is 0 Å². The minimum Gasteiger partial charge on any atom is -0.469 e. The minimum absolute atomic E-state index is 0.0170. The number of carbonyl (C=O) groups is 2. The zero-order valence-electron chi connectivity index (χ0n) is 18.5. The molecule has 0 unspecified atom stereocenters. The van der Waals surface area contributed by atoms with E-state index >= 15 is 0 Å². The zero-order valence-corrected chi connectivity index (χ0v) is 18.5. The first-order valence-corrected chi connectivity index (χ1v) is 10.8. The van der Waals surface area contributed by atoms with Crippen molar-refractivity contribution in [2.24, 2.45) is 22.7 Å². The maximum atomic E-state index is 12.5. The second-order valence-electron chi connectivity index (χ2n) is 10.1. The molecule has 0 radical (unpaired) electrons. The molecular formula is C24H32O6. The highest BCUT2D eigenvalue weighted by atomic mass is 16.6. The van der Waals surface area contributed by atoms with Gasteiger partial charge in [0.1, 0.15) is 23.6 Å². The molecule has 0 bridgehead atoms. The Morgan fingerprint density at radius 1 is 1.17 bits per heavy atom. The molecule has 2 saturated carbocycles. The van der Waals surface area contributed by atoms with Crippen LogP contribution in [0.4, 0.5) is 0 Å². The molecule has 164 valence electrons. The van der Waals surface area contributed by atoms with Gasteiger partial charge in [0.05, 0.1) is 6.26 Å². The fourth-order valence-electron chi connectivity index (χ4n) is 6.88. The van der Waals surface area contributed by atoms with Gasteiger partial charge in [0.2, 0.25) is 0 Å². The van der Waals surface area contributed by atoms with Gasteiger partial charge in [-0.25, -0.2) is 0 Å². The van der Waals surface area contributed by atoms with Crippen molar-refractivity contribution in [2.45, 2.75) is 78.1 Å². The SMILES string of the molecule is C=C1c2ccoc2C[C@H]2[C@H]1C[C@H](OC(C)=O)[C@@]1(O)C(C)(C)CC[C@H](OC(C)=O)[C@]21C. The van der Waals surface area contributed by atoms with Crippen molar-refractivity contribution in [2.75, 3.05) is 0 Å². The minimum atomic E-state index is -1.38. The predicted octanol–water partition coefficient (Wildman–Crippen LogP) is 3.91. The van der Waals surface area contributed by atoms with Crippen LogP contribution in [0.2, 0.25) is 0 Å². The van der Waals surface area contributed by atoms with E-state index in [-0.39, 0.29) is 17.8 Å².